The average molecular weight is 620 g/mol. The molecule has 13 heteroatoms. The third-order valence-corrected chi connectivity index (χ3v) is 7.51. The summed E-state index contributed by atoms with van der Waals surface area (Å²) < 4.78 is 25.7. The van der Waals surface area contributed by atoms with Crippen LogP contribution in [0.25, 0.3) is 10.9 Å². The second kappa shape index (κ2) is 12.9. The molecular formula is C32H39N6O7+. The number of benzene rings is 2. The molecule has 4 aromatic rings. The lowest BCUT2D eigenvalue weighted by atomic mass is 10.0. The maximum Gasteiger partial charge on any atom is 0.435 e. The predicted molar refractivity (Wildman–Crippen MR) is 168 cm³/mol. The summed E-state index contributed by atoms with van der Waals surface area (Å²) in [6.45, 7) is 6.34. The quantitative estimate of drug-likeness (QED) is 0.0729. The van der Waals surface area contributed by atoms with E-state index in [2.05, 4.69) is 16.8 Å². The van der Waals surface area contributed by atoms with Gasteiger partial charge in [0.25, 0.3) is 0 Å². The van der Waals surface area contributed by atoms with Crippen molar-refractivity contribution in [2.45, 2.75) is 39.9 Å². The van der Waals surface area contributed by atoms with Crippen molar-refractivity contribution in [3.05, 3.63) is 62.6 Å². The molecule has 0 unspecified atom stereocenters. The molecule has 0 radical (unpaired) electrons. The largest absolute Gasteiger partial charge is 0.495 e. The summed E-state index contributed by atoms with van der Waals surface area (Å²) in [5.74, 6) is 7.09. The van der Waals surface area contributed by atoms with Crippen LogP contribution in [0.2, 0.25) is 0 Å². The van der Waals surface area contributed by atoms with Crippen LogP contribution in [0, 0.1) is 22.0 Å². The van der Waals surface area contributed by atoms with Crippen LogP contribution in [0.5, 0.6) is 23.0 Å². The number of ether oxygens (including phenoxy) is 4. The minimum absolute atomic E-state index is 0.0242. The molecule has 0 saturated heterocycles. The number of carbonyl (C=O) groups is 1. The van der Waals surface area contributed by atoms with Gasteiger partial charge in [-0.15, -0.1) is 5.92 Å². The van der Waals surface area contributed by atoms with E-state index in [0.717, 1.165) is 5.69 Å². The van der Waals surface area contributed by atoms with Crippen molar-refractivity contribution in [3.8, 4) is 34.8 Å². The third kappa shape index (κ3) is 6.14. The zero-order valence-electron chi connectivity index (χ0n) is 27.3. The van der Waals surface area contributed by atoms with Crippen molar-refractivity contribution >= 4 is 22.6 Å². The fraction of sp³-hybridized carbons (Fsp3) is 0.406. The SMILES string of the molecule is CC#Cc1c(OC)ccc2c(C(=O)c3cc(OC)c(OC)c(OC)c3)nn(C[N+](C)(C)Cc3c(C(C)C)nc([N+](=O)[O-])n3C)c12. The van der Waals surface area contributed by atoms with Crippen molar-refractivity contribution < 1.29 is 33.1 Å². The van der Waals surface area contributed by atoms with Crippen LogP contribution < -0.4 is 18.9 Å². The maximum absolute atomic E-state index is 14.1. The Hall–Kier alpha value is -5.09. The van der Waals surface area contributed by atoms with E-state index in [-0.39, 0.29) is 23.3 Å². The highest BCUT2D eigenvalue weighted by molar-refractivity contribution is 6.16. The van der Waals surface area contributed by atoms with Crippen LogP contribution in [0.15, 0.2) is 24.3 Å². The molecule has 45 heavy (non-hydrogen) atoms. The van der Waals surface area contributed by atoms with Crippen molar-refractivity contribution in [3.63, 3.8) is 0 Å². The van der Waals surface area contributed by atoms with Gasteiger partial charge in [0.05, 0.1) is 60.7 Å². The molecule has 0 aliphatic heterocycles. The van der Waals surface area contributed by atoms with E-state index >= 15 is 0 Å². The van der Waals surface area contributed by atoms with Crippen molar-refractivity contribution in [1.29, 1.82) is 0 Å². The smallest absolute Gasteiger partial charge is 0.435 e. The number of rotatable bonds is 12. The van der Waals surface area contributed by atoms with E-state index in [1.54, 1.807) is 50.0 Å². The molecule has 0 amide bonds. The van der Waals surface area contributed by atoms with E-state index in [0.29, 0.717) is 68.4 Å². The minimum atomic E-state index is -0.473. The van der Waals surface area contributed by atoms with Gasteiger partial charge in [-0.3, -0.25) is 4.79 Å². The highest BCUT2D eigenvalue weighted by Gasteiger charge is 2.33. The molecule has 238 valence electrons. The van der Waals surface area contributed by atoms with Crippen LogP contribution in [-0.4, -0.2) is 77.1 Å². The fourth-order valence-corrected chi connectivity index (χ4v) is 5.46. The Balaban J connectivity index is 1.90. The van der Waals surface area contributed by atoms with Gasteiger partial charge < -0.3 is 33.5 Å². The minimum Gasteiger partial charge on any atom is -0.495 e. The van der Waals surface area contributed by atoms with E-state index in [4.69, 9.17) is 24.0 Å². The number of quaternary nitrogens is 1. The molecule has 2 aromatic heterocycles. The zero-order chi connectivity index (χ0) is 33.2. The van der Waals surface area contributed by atoms with Gasteiger partial charge in [0.15, 0.2) is 29.6 Å². The highest BCUT2D eigenvalue weighted by atomic mass is 16.6. The molecule has 0 N–H and O–H groups in total. The zero-order valence-corrected chi connectivity index (χ0v) is 27.3. The van der Waals surface area contributed by atoms with E-state index in [1.165, 1.54) is 25.9 Å². The second-order valence-corrected chi connectivity index (χ2v) is 11.5. The van der Waals surface area contributed by atoms with Crippen molar-refractivity contribution in [2.24, 2.45) is 7.05 Å². The average Bonchev–Trinajstić information content (AvgIpc) is 3.53. The van der Waals surface area contributed by atoms with Crippen LogP contribution in [0.4, 0.5) is 5.95 Å². The first kappa shape index (κ1) is 32.8. The number of carbonyl (C=O) groups excluding carboxylic acids is 1. The molecule has 0 fully saturated rings. The summed E-state index contributed by atoms with van der Waals surface area (Å²) in [6.07, 6.45) is 0. The monoisotopic (exact) mass is 619 g/mol. The Kier molecular flexibility index (Phi) is 9.39. The highest BCUT2D eigenvalue weighted by Crippen LogP contribution is 2.39. The summed E-state index contributed by atoms with van der Waals surface area (Å²) in [5, 5.41) is 17.1. The number of nitrogens with zero attached hydrogens (tertiary/aromatic N) is 6. The first-order chi connectivity index (χ1) is 21.3. The van der Waals surface area contributed by atoms with Gasteiger partial charge in [-0.1, -0.05) is 24.8 Å². The fourth-order valence-electron chi connectivity index (χ4n) is 5.46. The molecule has 2 heterocycles. The van der Waals surface area contributed by atoms with Crippen LogP contribution in [0.1, 0.15) is 59.7 Å². The van der Waals surface area contributed by atoms with Crippen molar-refractivity contribution in [2.75, 3.05) is 42.5 Å². The number of hydrogen-bond acceptors (Lipinski definition) is 9. The Morgan fingerprint density at radius 3 is 2.18 bits per heavy atom. The Morgan fingerprint density at radius 2 is 1.67 bits per heavy atom. The van der Waals surface area contributed by atoms with Crippen LogP contribution in [-0.2, 0) is 20.3 Å². The Bertz CT molecular complexity index is 1820. The number of methoxy groups -OCH3 is 4. The Morgan fingerprint density at radius 1 is 1.04 bits per heavy atom. The second-order valence-electron chi connectivity index (χ2n) is 11.5. The van der Waals surface area contributed by atoms with Gasteiger partial charge in [-0.05, 0) is 36.1 Å². The van der Waals surface area contributed by atoms with E-state index < -0.39 is 4.92 Å². The molecule has 0 aliphatic carbocycles. The van der Waals surface area contributed by atoms with Gasteiger partial charge in [-0.25, -0.2) is 9.25 Å². The number of nitro groups is 1. The van der Waals surface area contributed by atoms with Gasteiger partial charge in [-0.2, -0.15) is 5.10 Å². The molecule has 2 aromatic carbocycles. The third-order valence-electron chi connectivity index (χ3n) is 7.51. The lowest BCUT2D eigenvalue weighted by Gasteiger charge is -2.29. The molecule has 13 nitrogen and oxygen atoms in total. The molecule has 0 bridgehead atoms. The lowest BCUT2D eigenvalue weighted by molar-refractivity contribution is -0.926. The predicted octanol–water partition coefficient (Wildman–Crippen LogP) is 4.67. The normalized spacial score (nSPS) is 11.4. The first-order valence-corrected chi connectivity index (χ1v) is 14.2. The van der Waals surface area contributed by atoms with Gasteiger partial charge in [0, 0.05) is 16.9 Å². The van der Waals surface area contributed by atoms with Crippen molar-refractivity contribution in [1.82, 2.24) is 19.3 Å². The first-order valence-electron chi connectivity index (χ1n) is 14.2. The van der Waals surface area contributed by atoms with Gasteiger partial charge >= 0.3 is 5.95 Å². The summed E-state index contributed by atoms with van der Waals surface area (Å²) in [5.41, 5.74) is 3.14. The maximum atomic E-state index is 14.1. The summed E-state index contributed by atoms with van der Waals surface area (Å²) in [6, 6.07) is 6.75. The van der Waals surface area contributed by atoms with E-state index in [9.17, 15) is 14.9 Å². The summed E-state index contributed by atoms with van der Waals surface area (Å²) >= 11 is 0. The molecule has 0 spiro atoms. The number of fused-ring (bicyclic) bond motifs is 1. The molecule has 4 rings (SSSR count). The van der Waals surface area contributed by atoms with Crippen LogP contribution in [0.3, 0.4) is 0 Å². The number of aromatic nitrogens is 4. The van der Waals surface area contributed by atoms with Crippen LogP contribution >= 0.6 is 0 Å². The Labute approximate surface area is 262 Å². The number of imidazole rings is 1. The molecular weight excluding hydrogens is 580 g/mol. The number of hydrogen-bond donors (Lipinski definition) is 0. The lowest BCUT2D eigenvalue weighted by Crippen LogP contribution is -2.41. The standard InChI is InChI=1S/C32H39N6O7/c1-11-12-21-24(42-7)14-13-22-28(30(39)20-15-25(43-8)31(45-10)26(16-20)44-9)34-36(29(21)22)18-38(5,6)17-23-27(19(2)3)33-32(35(23)4)37(40)41/h13-16,19H,17-18H2,1-10H3/q+1. The molecule has 0 atom stereocenters. The number of ketones is 1. The molecule has 0 aliphatic rings. The van der Waals surface area contributed by atoms with Gasteiger partial charge in [0.1, 0.15) is 18.0 Å². The van der Waals surface area contributed by atoms with Gasteiger partial charge in [0.2, 0.25) is 11.5 Å². The topological polar surface area (TPSA) is 133 Å². The molecule has 0 saturated carbocycles. The summed E-state index contributed by atoms with van der Waals surface area (Å²) in [7, 11) is 11.7. The summed E-state index contributed by atoms with van der Waals surface area (Å²) in [4.78, 5) is 29.7. The van der Waals surface area contributed by atoms with E-state index in [1.807, 2.05) is 27.9 Å².